The largest absolute Gasteiger partial charge is 0.254 e. The van der Waals surface area contributed by atoms with Crippen LogP contribution in [0.1, 0.15) is 115 Å². The van der Waals surface area contributed by atoms with Crippen molar-refractivity contribution in [3.63, 3.8) is 0 Å². The maximum atomic E-state index is 2.40. The number of hydrogen-bond acceptors (Lipinski definition) is 0. The summed E-state index contributed by atoms with van der Waals surface area (Å²) >= 11 is 0. The van der Waals surface area contributed by atoms with Gasteiger partial charge in [-0.25, -0.2) is 9.13 Å². The molecule has 0 unspecified atom stereocenters. The molecule has 0 atom stereocenters. The Morgan fingerprint density at radius 1 is 0.595 bits per heavy atom. The maximum absolute atomic E-state index is 2.40. The van der Waals surface area contributed by atoms with E-state index in [1.54, 1.807) is 0 Å². The van der Waals surface area contributed by atoms with Crippen LogP contribution in [-0.2, 0) is 10.8 Å². The molecule has 2 aromatic carbocycles. The Labute approximate surface area is 228 Å². The van der Waals surface area contributed by atoms with Crippen LogP contribution in [0.2, 0.25) is 0 Å². The van der Waals surface area contributed by atoms with E-state index in [1.807, 2.05) is 0 Å². The van der Waals surface area contributed by atoms with E-state index in [9.17, 15) is 0 Å². The molecule has 0 saturated carbocycles. The Morgan fingerprint density at radius 2 is 0.973 bits per heavy atom. The van der Waals surface area contributed by atoms with Gasteiger partial charge in [-0.3, -0.25) is 0 Å². The van der Waals surface area contributed by atoms with Crippen LogP contribution in [0.5, 0.6) is 0 Å². The van der Waals surface area contributed by atoms with E-state index < -0.39 is 0 Å². The highest BCUT2D eigenvalue weighted by Crippen LogP contribution is 2.39. The average molecular weight is 502 g/mol. The van der Waals surface area contributed by atoms with Crippen molar-refractivity contribution < 1.29 is 4.57 Å². The number of hydrogen-bond donors (Lipinski definition) is 0. The third-order valence-corrected chi connectivity index (χ3v) is 7.64. The summed E-state index contributed by atoms with van der Waals surface area (Å²) in [5, 5.41) is 0. The Kier molecular flexibility index (Phi) is 7.70. The molecule has 0 aliphatic heterocycles. The standard InChI is InChI=1S/C35H53N2/c1-24-17-28(34(11,12)21-32(5,6)7)18-25(2)30(24)36-15-16-37(23-36)31-26(3)19-29(20-27(31)4)35(13,14)22-33(8,9)10/h15-20,23H,21-22H2,1-14H3/q+1. The monoisotopic (exact) mass is 501 g/mol. The normalized spacial score (nSPS) is 13.4. The number of imidazole rings is 1. The van der Waals surface area contributed by atoms with Crippen LogP contribution in [-0.4, -0.2) is 4.57 Å². The molecular formula is C35H53N2+. The first-order chi connectivity index (χ1) is 16.7. The van der Waals surface area contributed by atoms with Gasteiger partial charge in [0.1, 0.15) is 23.8 Å². The highest BCUT2D eigenvalue weighted by Gasteiger charge is 2.30. The molecule has 202 valence electrons. The fourth-order valence-corrected chi connectivity index (χ4v) is 6.98. The SMILES string of the molecule is Cc1cc(C(C)(C)CC(C)(C)C)cc(C)c1-n1cc[n+](-c2c(C)cc(C(C)(C)CC(C)(C)C)cc2C)c1. The molecule has 0 saturated heterocycles. The van der Waals surface area contributed by atoms with Crippen molar-refractivity contribution in [2.24, 2.45) is 10.8 Å². The Morgan fingerprint density at radius 3 is 1.35 bits per heavy atom. The summed E-state index contributed by atoms with van der Waals surface area (Å²) in [5.74, 6) is 0. The molecule has 37 heavy (non-hydrogen) atoms. The minimum absolute atomic E-state index is 0.139. The van der Waals surface area contributed by atoms with Gasteiger partial charge in [-0.1, -0.05) is 93.5 Å². The van der Waals surface area contributed by atoms with E-state index in [0.717, 1.165) is 12.8 Å². The van der Waals surface area contributed by atoms with Crippen molar-refractivity contribution in [3.05, 3.63) is 76.4 Å². The molecule has 3 rings (SSSR count). The summed E-state index contributed by atoms with van der Waals surface area (Å²) in [6, 6.07) is 9.62. The van der Waals surface area contributed by atoms with Gasteiger partial charge < -0.3 is 0 Å². The molecule has 1 aromatic heterocycles. The maximum Gasteiger partial charge on any atom is 0.254 e. The van der Waals surface area contributed by atoms with E-state index in [2.05, 4.69) is 149 Å². The predicted octanol–water partition coefficient (Wildman–Crippen LogP) is 9.42. The Hall–Kier alpha value is -2.35. The van der Waals surface area contributed by atoms with Crippen LogP contribution in [0.15, 0.2) is 43.0 Å². The van der Waals surface area contributed by atoms with Crippen molar-refractivity contribution in [1.29, 1.82) is 0 Å². The third-order valence-electron chi connectivity index (χ3n) is 7.64. The van der Waals surface area contributed by atoms with Gasteiger partial charge >= 0.3 is 0 Å². The molecular weight excluding hydrogens is 448 g/mol. The minimum atomic E-state index is 0.139. The summed E-state index contributed by atoms with van der Waals surface area (Å²) in [6.07, 6.45) is 8.95. The molecule has 2 heteroatoms. The second-order valence-corrected chi connectivity index (χ2v) is 15.4. The number of aromatic nitrogens is 2. The first kappa shape index (κ1) is 29.2. The molecule has 0 fully saturated rings. The van der Waals surface area contributed by atoms with Gasteiger partial charge in [-0.2, -0.15) is 0 Å². The van der Waals surface area contributed by atoms with Gasteiger partial charge in [0, 0.05) is 0 Å². The van der Waals surface area contributed by atoms with Gasteiger partial charge in [0.05, 0.1) is 0 Å². The molecule has 0 spiro atoms. The van der Waals surface area contributed by atoms with Gasteiger partial charge in [0.2, 0.25) is 0 Å². The van der Waals surface area contributed by atoms with Crippen LogP contribution >= 0.6 is 0 Å². The summed E-state index contributed by atoms with van der Waals surface area (Å²) < 4.78 is 4.59. The van der Waals surface area contributed by atoms with Gasteiger partial charge in [0.25, 0.3) is 6.33 Å². The molecule has 0 aliphatic rings. The van der Waals surface area contributed by atoms with Crippen molar-refractivity contribution in [3.8, 4) is 11.4 Å². The molecule has 1 heterocycles. The fourth-order valence-electron chi connectivity index (χ4n) is 6.98. The van der Waals surface area contributed by atoms with Gasteiger partial charge in [0.15, 0.2) is 0 Å². The molecule has 0 bridgehead atoms. The predicted molar refractivity (Wildman–Crippen MR) is 160 cm³/mol. The second kappa shape index (κ2) is 9.75. The Balaban J connectivity index is 1.99. The molecule has 0 N–H and O–H groups in total. The summed E-state index contributed by atoms with van der Waals surface area (Å²) in [7, 11) is 0. The summed E-state index contributed by atoms with van der Waals surface area (Å²) in [4.78, 5) is 0. The smallest absolute Gasteiger partial charge is 0.202 e. The molecule has 0 amide bonds. The van der Waals surface area contributed by atoms with E-state index in [1.165, 1.54) is 44.8 Å². The lowest BCUT2D eigenvalue weighted by molar-refractivity contribution is -0.595. The fraction of sp³-hybridized carbons (Fsp3) is 0.571. The summed E-state index contributed by atoms with van der Waals surface area (Å²) in [5.41, 5.74) is 11.6. The van der Waals surface area contributed by atoms with Crippen molar-refractivity contribution in [1.82, 2.24) is 4.57 Å². The topological polar surface area (TPSA) is 8.81 Å². The number of benzene rings is 2. The highest BCUT2D eigenvalue weighted by molar-refractivity contribution is 5.51. The quantitative estimate of drug-likeness (QED) is 0.297. The first-order valence-corrected chi connectivity index (χ1v) is 14.0. The van der Waals surface area contributed by atoms with E-state index in [-0.39, 0.29) is 10.8 Å². The lowest BCUT2D eigenvalue weighted by Crippen LogP contribution is -2.31. The van der Waals surface area contributed by atoms with Crippen molar-refractivity contribution >= 4 is 0 Å². The second-order valence-electron chi connectivity index (χ2n) is 15.4. The van der Waals surface area contributed by atoms with Crippen LogP contribution in [0.25, 0.3) is 11.4 Å². The highest BCUT2D eigenvalue weighted by atomic mass is 15.1. The molecule has 0 radical (unpaired) electrons. The van der Waals surface area contributed by atoms with Crippen LogP contribution < -0.4 is 4.57 Å². The number of rotatable bonds is 6. The van der Waals surface area contributed by atoms with Crippen LogP contribution in [0.4, 0.5) is 0 Å². The van der Waals surface area contributed by atoms with E-state index in [0.29, 0.717) is 10.8 Å². The number of aryl methyl sites for hydroxylation is 4. The average Bonchev–Trinajstić information content (AvgIpc) is 3.12. The molecule has 0 aliphatic carbocycles. The van der Waals surface area contributed by atoms with E-state index in [4.69, 9.17) is 0 Å². The lowest BCUT2D eigenvalue weighted by atomic mass is 9.71. The van der Waals surface area contributed by atoms with Crippen LogP contribution in [0, 0.1) is 38.5 Å². The van der Waals surface area contributed by atoms with Gasteiger partial charge in [-0.05, 0) is 95.6 Å². The minimum Gasteiger partial charge on any atom is -0.202 e. The van der Waals surface area contributed by atoms with E-state index >= 15 is 0 Å². The van der Waals surface area contributed by atoms with Crippen molar-refractivity contribution in [2.75, 3.05) is 0 Å². The third kappa shape index (κ3) is 6.75. The Bertz CT molecular complexity index is 1130. The number of nitrogens with zero attached hydrogens (tertiary/aromatic N) is 2. The van der Waals surface area contributed by atoms with Gasteiger partial charge in [-0.15, -0.1) is 0 Å². The molecule has 2 nitrogen and oxygen atoms in total. The van der Waals surface area contributed by atoms with Crippen LogP contribution in [0.3, 0.4) is 0 Å². The lowest BCUT2D eigenvalue weighted by Gasteiger charge is -2.33. The zero-order valence-electron chi connectivity index (χ0n) is 26.4. The molecule has 3 aromatic rings. The first-order valence-electron chi connectivity index (χ1n) is 14.0. The zero-order chi connectivity index (χ0) is 28.1. The summed E-state index contributed by atoms with van der Waals surface area (Å²) in [6.45, 7) is 32.6. The van der Waals surface area contributed by atoms with Crippen molar-refractivity contribution in [2.45, 2.75) is 121 Å². The zero-order valence-corrected chi connectivity index (χ0v) is 26.4.